The zero-order valence-electron chi connectivity index (χ0n) is 18.1. The molecule has 4 heteroatoms. The van der Waals surface area contributed by atoms with Gasteiger partial charge >= 0.3 is 5.97 Å². The average molecular weight is 401 g/mol. The van der Waals surface area contributed by atoms with Crippen LogP contribution in [0.3, 0.4) is 0 Å². The average Bonchev–Trinajstić information content (AvgIpc) is 3.59. The number of unbranched alkanes of at least 4 members (excludes halogenated alkanes) is 3. The number of benzene rings is 1. The lowest BCUT2D eigenvalue weighted by atomic mass is 9.91. The van der Waals surface area contributed by atoms with Crippen LogP contribution in [0.2, 0.25) is 0 Å². The number of carboxylic acids is 1. The van der Waals surface area contributed by atoms with Gasteiger partial charge in [0.15, 0.2) is 0 Å². The molecule has 2 aliphatic rings. The Hall–Kier alpha value is -1.84. The van der Waals surface area contributed by atoms with Gasteiger partial charge in [-0.3, -0.25) is 9.59 Å². The van der Waals surface area contributed by atoms with Crippen molar-refractivity contribution >= 4 is 12.4 Å². The first-order valence-corrected chi connectivity index (χ1v) is 11.3. The van der Waals surface area contributed by atoms with Crippen molar-refractivity contribution in [3.63, 3.8) is 0 Å². The van der Waals surface area contributed by atoms with E-state index in [0.29, 0.717) is 6.47 Å². The number of carbonyl (C=O) groups excluding carboxylic acids is 1. The summed E-state index contributed by atoms with van der Waals surface area (Å²) in [6.45, 7) is 5.02. The molecule has 4 nitrogen and oxygen atoms in total. The van der Waals surface area contributed by atoms with Crippen LogP contribution in [0.15, 0.2) is 12.1 Å². The van der Waals surface area contributed by atoms with E-state index < -0.39 is 5.97 Å². The number of hydrogen-bond donors (Lipinski definition) is 1. The third-order valence-electron chi connectivity index (χ3n) is 7.11. The van der Waals surface area contributed by atoms with Gasteiger partial charge < -0.3 is 9.84 Å². The number of rotatable bonds is 14. The minimum absolute atomic E-state index is 0.131. The van der Waals surface area contributed by atoms with Crippen LogP contribution in [0.1, 0.15) is 92.9 Å². The summed E-state index contributed by atoms with van der Waals surface area (Å²) in [7, 11) is 0. The molecular weight excluding hydrogens is 364 g/mol. The van der Waals surface area contributed by atoms with Gasteiger partial charge in [-0.2, -0.15) is 0 Å². The maximum Gasteiger partial charge on any atom is 0.309 e. The van der Waals surface area contributed by atoms with Crippen molar-refractivity contribution in [2.24, 2.45) is 5.41 Å². The quantitative estimate of drug-likeness (QED) is 0.322. The summed E-state index contributed by atoms with van der Waals surface area (Å²) in [4.78, 5) is 21.9. The van der Waals surface area contributed by atoms with Crippen LogP contribution in [-0.2, 0) is 27.2 Å². The summed E-state index contributed by atoms with van der Waals surface area (Å²) in [5.74, 6) is -0.595. The molecule has 2 saturated carbocycles. The van der Waals surface area contributed by atoms with Crippen LogP contribution >= 0.6 is 0 Å². The molecule has 0 radical (unpaired) electrons. The first-order chi connectivity index (χ1) is 13.9. The Balaban J connectivity index is 1.42. The Morgan fingerprint density at radius 1 is 0.966 bits per heavy atom. The van der Waals surface area contributed by atoms with Gasteiger partial charge in [-0.1, -0.05) is 30.5 Å². The molecule has 0 atom stereocenters. The fourth-order valence-corrected chi connectivity index (χ4v) is 4.64. The summed E-state index contributed by atoms with van der Waals surface area (Å²) < 4.78 is 5.24. The van der Waals surface area contributed by atoms with Gasteiger partial charge in [0.2, 0.25) is 0 Å². The zero-order valence-corrected chi connectivity index (χ0v) is 18.1. The molecule has 2 fully saturated rings. The van der Waals surface area contributed by atoms with Gasteiger partial charge in [-0.25, -0.2) is 0 Å². The lowest BCUT2D eigenvalue weighted by molar-refractivity contribution is -0.143. The molecule has 0 bridgehead atoms. The number of aliphatic carboxylic acids is 1. The monoisotopic (exact) mass is 400 g/mol. The molecule has 0 amide bonds. The van der Waals surface area contributed by atoms with Crippen LogP contribution in [0.4, 0.5) is 0 Å². The second-order valence-electron chi connectivity index (χ2n) is 9.46. The van der Waals surface area contributed by atoms with Crippen LogP contribution in [0.25, 0.3) is 0 Å². The third-order valence-corrected chi connectivity index (χ3v) is 7.11. The first kappa shape index (κ1) is 21.9. The van der Waals surface area contributed by atoms with Crippen LogP contribution in [0.5, 0.6) is 0 Å². The molecule has 1 aromatic rings. The minimum atomic E-state index is -0.595. The Bertz CT molecular complexity index is 729. The Morgan fingerprint density at radius 3 is 2.07 bits per heavy atom. The molecule has 29 heavy (non-hydrogen) atoms. The maximum absolute atomic E-state index is 11.3. The smallest absolute Gasteiger partial charge is 0.309 e. The molecule has 0 spiro atoms. The number of hydrogen-bond acceptors (Lipinski definition) is 3. The van der Waals surface area contributed by atoms with Crippen LogP contribution < -0.4 is 0 Å². The van der Waals surface area contributed by atoms with Gasteiger partial charge in [0.1, 0.15) is 5.60 Å². The van der Waals surface area contributed by atoms with E-state index in [1.807, 2.05) is 0 Å². The molecule has 0 unspecified atom stereocenters. The fraction of sp³-hybridized carbons (Fsp3) is 0.680. The largest absolute Gasteiger partial charge is 0.481 e. The van der Waals surface area contributed by atoms with E-state index in [1.54, 1.807) is 0 Å². The normalized spacial score (nSPS) is 18.3. The van der Waals surface area contributed by atoms with Crippen molar-refractivity contribution in [3.05, 3.63) is 34.4 Å². The van der Waals surface area contributed by atoms with Gasteiger partial charge in [0, 0.05) is 0 Å². The van der Waals surface area contributed by atoms with Crippen molar-refractivity contribution in [1.82, 2.24) is 0 Å². The highest BCUT2D eigenvalue weighted by atomic mass is 16.5. The Morgan fingerprint density at radius 2 is 1.55 bits per heavy atom. The molecule has 0 heterocycles. The number of carbonyl (C=O) groups is 2. The second kappa shape index (κ2) is 9.32. The van der Waals surface area contributed by atoms with Crippen molar-refractivity contribution in [3.8, 4) is 0 Å². The topological polar surface area (TPSA) is 63.6 Å². The molecule has 1 aromatic carbocycles. The second-order valence-corrected chi connectivity index (χ2v) is 9.46. The van der Waals surface area contributed by atoms with Crippen molar-refractivity contribution < 1.29 is 19.4 Å². The molecule has 2 aliphatic carbocycles. The predicted octanol–water partition coefficient (Wildman–Crippen LogP) is 5.69. The van der Waals surface area contributed by atoms with Gasteiger partial charge in [0.25, 0.3) is 6.47 Å². The highest BCUT2D eigenvalue weighted by Crippen LogP contribution is 2.50. The molecule has 0 aliphatic heterocycles. The minimum Gasteiger partial charge on any atom is -0.481 e. The SMILES string of the molecule is Cc1cc(CCCCCC2(C(=O)O)CC2)c(C)c(CCCCC2(OC=O)CC2)c1. The molecule has 0 aromatic heterocycles. The third kappa shape index (κ3) is 5.83. The lowest BCUT2D eigenvalue weighted by Gasteiger charge is -2.15. The Labute approximate surface area is 175 Å². The molecule has 3 rings (SSSR count). The van der Waals surface area contributed by atoms with E-state index in [1.165, 1.54) is 22.3 Å². The van der Waals surface area contributed by atoms with Gasteiger partial charge in [-0.05, 0) is 101 Å². The predicted molar refractivity (Wildman–Crippen MR) is 114 cm³/mol. The van der Waals surface area contributed by atoms with E-state index in [0.717, 1.165) is 83.5 Å². The van der Waals surface area contributed by atoms with Crippen LogP contribution in [-0.4, -0.2) is 23.1 Å². The van der Waals surface area contributed by atoms with E-state index >= 15 is 0 Å². The lowest BCUT2D eigenvalue weighted by Crippen LogP contribution is -2.14. The molecule has 160 valence electrons. The van der Waals surface area contributed by atoms with Crippen molar-refractivity contribution in [2.75, 3.05) is 0 Å². The van der Waals surface area contributed by atoms with Crippen molar-refractivity contribution in [1.29, 1.82) is 0 Å². The zero-order chi connectivity index (χ0) is 20.9. The number of carboxylic acid groups (broad SMARTS) is 1. The Kier molecular flexibility index (Phi) is 7.02. The van der Waals surface area contributed by atoms with Crippen LogP contribution in [0, 0.1) is 19.3 Å². The fourth-order valence-electron chi connectivity index (χ4n) is 4.64. The summed E-state index contributed by atoms with van der Waals surface area (Å²) in [6, 6.07) is 4.63. The van der Waals surface area contributed by atoms with E-state index in [-0.39, 0.29) is 11.0 Å². The highest BCUT2D eigenvalue weighted by Gasteiger charge is 2.49. The maximum atomic E-state index is 11.3. The summed E-state index contributed by atoms with van der Waals surface area (Å²) >= 11 is 0. The summed E-state index contributed by atoms with van der Waals surface area (Å²) in [5.41, 5.74) is 5.14. The van der Waals surface area contributed by atoms with Gasteiger partial charge in [-0.15, -0.1) is 0 Å². The molecular formula is C25H36O4. The molecule has 1 N–H and O–H groups in total. The van der Waals surface area contributed by atoms with Gasteiger partial charge in [0.05, 0.1) is 5.41 Å². The first-order valence-electron chi connectivity index (χ1n) is 11.3. The number of ether oxygens (including phenoxy) is 1. The van der Waals surface area contributed by atoms with E-state index in [2.05, 4.69) is 26.0 Å². The van der Waals surface area contributed by atoms with E-state index in [4.69, 9.17) is 4.74 Å². The van der Waals surface area contributed by atoms with E-state index in [9.17, 15) is 14.7 Å². The number of aryl methyl sites for hydroxylation is 3. The standard InChI is InChI=1S/C25H36O4/c1-19-16-21(8-4-3-6-10-24(12-13-24)23(27)28)20(2)22(17-19)9-5-7-11-25(14-15-25)29-18-26/h16-18H,3-15H2,1-2H3,(H,27,28). The highest BCUT2D eigenvalue weighted by molar-refractivity contribution is 5.77. The summed E-state index contributed by atoms with van der Waals surface area (Å²) in [6.07, 6.45) is 13.3. The molecule has 0 saturated heterocycles. The van der Waals surface area contributed by atoms with Crippen molar-refractivity contribution in [2.45, 2.75) is 103 Å². The summed E-state index contributed by atoms with van der Waals surface area (Å²) in [5, 5.41) is 9.28.